The van der Waals surface area contributed by atoms with Crippen LogP contribution in [-0.2, 0) is 19.0 Å². The van der Waals surface area contributed by atoms with Crippen molar-refractivity contribution in [2.45, 2.75) is 37.3 Å². The average molecular weight is 304 g/mol. The van der Waals surface area contributed by atoms with Gasteiger partial charge in [0.1, 0.15) is 6.10 Å². The van der Waals surface area contributed by atoms with E-state index >= 15 is 0 Å². The Bertz CT molecular complexity index is 381. The van der Waals surface area contributed by atoms with Crippen LogP contribution in [0.3, 0.4) is 0 Å². The Kier molecular flexibility index (Phi) is 4.75. The van der Waals surface area contributed by atoms with E-state index in [1.807, 2.05) is 0 Å². The van der Waals surface area contributed by atoms with E-state index in [2.05, 4.69) is 20.8 Å². The summed E-state index contributed by atoms with van der Waals surface area (Å²) in [7, 11) is 0. The third kappa shape index (κ3) is 2.78. The topological polar surface area (TPSA) is 44.8 Å². The molecule has 1 heterocycles. The normalized spacial score (nSPS) is 29.8. The molecule has 0 radical (unpaired) electrons. The monoisotopic (exact) mass is 304 g/mol. The van der Waals surface area contributed by atoms with E-state index in [0.717, 1.165) is 6.08 Å². The van der Waals surface area contributed by atoms with Gasteiger partial charge in [-0.15, -0.1) is 6.58 Å². The minimum absolute atomic E-state index is 0.367. The number of alkyl halides is 5. The first kappa shape index (κ1) is 16.8. The summed E-state index contributed by atoms with van der Waals surface area (Å²) in [5.74, 6) is -10.5. The van der Waals surface area contributed by atoms with Crippen molar-refractivity contribution in [1.29, 1.82) is 0 Å². The molecular formula is C11H13F5O4. The highest BCUT2D eigenvalue weighted by Gasteiger charge is 2.78. The van der Waals surface area contributed by atoms with Crippen molar-refractivity contribution in [3.63, 3.8) is 0 Å². The van der Waals surface area contributed by atoms with Gasteiger partial charge in [0, 0.05) is 13.3 Å². The van der Waals surface area contributed by atoms with Gasteiger partial charge < -0.3 is 14.2 Å². The molecule has 0 amide bonds. The molecule has 2 atom stereocenters. The molecule has 0 aromatic carbocycles. The molecule has 0 aromatic heterocycles. The van der Waals surface area contributed by atoms with Crippen LogP contribution >= 0.6 is 0 Å². The number of hydrogen-bond acceptors (Lipinski definition) is 4. The molecule has 4 nitrogen and oxygen atoms in total. The van der Waals surface area contributed by atoms with Gasteiger partial charge in [-0.2, -0.15) is 22.0 Å². The lowest BCUT2D eigenvalue weighted by atomic mass is 9.96. The van der Waals surface area contributed by atoms with Gasteiger partial charge in [0.2, 0.25) is 0 Å². The zero-order valence-corrected chi connectivity index (χ0v) is 10.5. The molecule has 0 N–H and O–H groups in total. The third-order valence-corrected chi connectivity index (χ3v) is 2.60. The van der Waals surface area contributed by atoms with Crippen molar-refractivity contribution in [1.82, 2.24) is 0 Å². The fraction of sp³-hybridized carbons (Fsp3) is 0.727. The largest absolute Gasteiger partial charge is 0.462 e. The molecule has 1 aliphatic rings. The molecule has 1 rings (SSSR count). The second-order valence-electron chi connectivity index (χ2n) is 4.08. The summed E-state index contributed by atoms with van der Waals surface area (Å²) < 4.78 is 79.8. The molecule has 116 valence electrons. The maximum absolute atomic E-state index is 14.1. The highest BCUT2D eigenvalue weighted by atomic mass is 19.4. The van der Waals surface area contributed by atoms with Crippen LogP contribution in [0.2, 0.25) is 0 Å². The molecule has 20 heavy (non-hydrogen) atoms. The zero-order valence-electron chi connectivity index (χ0n) is 10.5. The zero-order chi connectivity index (χ0) is 15.6. The molecule has 0 saturated carbocycles. The van der Waals surface area contributed by atoms with Crippen LogP contribution in [0, 0.1) is 0 Å². The predicted octanol–water partition coefficient (Wildman–Crippen LogP) is 2.43. The summed E-state index contributed by atoms with van der Waals surface area (Å²) in [5, 5.41) is 0. The van der Waals surface area contributed by atoms with Crippen LogP contribution in [0.4, 0.5) is 22.0 Å². The van der Waals surface area contributed by atoms with Crippen molar-refractivity contribution in [2.75, 3.05) is 13.2 Å². The molecular weight excluding hydrogens is 291 g/mol. The average Bonchev–Trinajstić information content (AvgIpc) is 2.28. The lowest BCUT2D eigenvalue weighted by molar-refractivity contribution is -0.456. The Labute approximate surface area is 111 Å². The fourth-order valence-corrected chi connectivity index (χ4v) is 1.80. The number of carbonyl (C=O) groups is 1. The van der Waals surface area contributed by atoms with Gasteiger partial charge in [0.05, 0.1) is 13.2 Å². The van der Waals surface area contributed by atoms with Gasteiger partial charge in [-0.3, -0.25) is 4.79 Å². The Morgan fingerprint density at radius 1 is 1.50 bits per heavy atom. The molecule has 0 spiro atoms. The number of carbonyl (C=O) groups excluding carboxylic acids is 1. The number of ether oxygens (including phenoxy) is 3. The van der Waals surface area contributed by atoms with Gasteiger partial charge in [-0.25, -0.2) is 0 Å². The van der Waals surface area contributed by atoms with E-state index in [0.29, 0.717) is 6.92 Å². The first-order valence-electron chi connectivity index (χ1n) is 5.59. The van der Waals surface area contributed by atoms with Crippen molar-refractivity contribution in [2.24, 2.45) is 0 Å². The van der Waals surface area contributed by atoms with E-state index < -0.39 is 43.0 Å². The van der Waals surface area contributed by atoms with Crippen LogP contribution in [0.1, 0.15) is 13.3 Å². The lowest BCUT2D eigenvalue weighted by Crippen LogP contribution is -2.70. The second-order valence-corrected chi connectivity index (χ2v) is 4.08. The minimum Gasteiger partial charge on any atom is -0.418 e. The lowest BCUT2D eigenvalue weighted by Gasteiger charge is -2.45. The van der Waals surface area contributed by atoms with E-state index in [1.54, 1.807) is 0 Å². The molecule has 1 fully saturated rings. The third-order valence-electron chi connectivity index (χ3n) is 2.60. The van der Waals surface area contributed by atoms with Gasteiger partial charge in [0.15, 0.2) is 0 Å². The summed E-state index contributed by atoms with van der Waals surface area (Å²) in [5.41, 5.74) is 0. The first-order valence-corrected chi connectivity index (χ1v) is 5.59. The smallest absolute Gasteiger partial charge is 0.418 e. The fourth-order valence-electron chi connectivity index (χ4n) is 1.80. The highest BCUT2D eigenvalue weighted by Crippen LogP contribution is 2.51. The quantitative estimate of drug-likeness (QED) is 0.454. The maximum atomic E-state index is 14.1. The van der Waals surface area contributed by atoms with Crippen LogP contribution < -0.4 is 0 Å². The summed E-state index contributed by atoms with van der Waals surface area (Å²) in [6, 6.07) is 0. The van der Waals surface area contributed by atoms with Gasteiger partial charge in [-0.1, -0.05) is 6.08 Å². The van der Waals surface area contributed by atoms with Crippen molar-refractivity contribution in [3.8, 4) is 0 Å². The van der Waals surface area contributed by atoms with E-state index in [9.17, 15) is 26.7 Å². The van der Waals surface area contributed by atoms with Crippen molar-refractivity contribution in [3.05, 3.63) is 12.7 Å². The molecule has 0 bridgehead atoms. The predicted molar refractivity (Wildman–Crippen MR) is 56.0 cm³/mol. The number of halogens is 5. The van der Waals surface area contributed by atoms with Crippen LogP contribution in [0.25, 0.3) is 0 Å². The van der Waals surface area contributed by atoms with E-state index in [1.165, 1.54) is 0 Å². The standard InChI is InChI=1S/C11H13F5O4/c1-3-5-18-8-4-6-19-10(9(8,12)13,11(14,15)16)20-7(2)17/h3,8H,1,4-6H2,2H3. The van der Waals surface area contributed by atoms with E-state index in [-0.39, 0.29) is 6.61 Å². The summed E-state index contributed by atoms with van der Waals surface area (Å²) in [6.45, 7) is 2.74. The Balaban J connectivity index is 3.20. The minimum atomic E-state index is -5.61. The van der Waals surface area contributed by atoms with Crippen LogP contribution in [0.5, 0.6) is 0 Å². The Morgan fingerprint density at radius 3 is 2.55 bits per heavy atom. The number of esters is 1. The SMILES string of the molecule is C=CCOC1CCOC(OC(C)=O)(C(F)(F)F)C1(F)F. The molecule has 0 aliphatic carbocycles. The van der Waals surface area contributed by atoms with Crippen LogP contribution in [-0.4, -0.2) is 43.2 Å². The molecule has 9 heteroatoms. The summed E-state index contributed by atoms with van der Waals surface area (Å²) >= 11 is 0. The van der Waals surface area contributed by atoms with Crippen molar-refractivity contribution >= 4 is 5.97 Å². The molecule has 0 aromatic rings. The second kappa shape index (κ2) is 5.65. The van der Waals surface area contributed by atoms with Crippen molar-refractivity contribution < 1.29 is 41.0 Å². The Hall–Kier alpha value is -1.22. The highest BCUT2D eigenvalue weighted by molar-refractivity contribution is 5.66. The molecule has 1 saturated heterocycles. The number of rotatable bonds is 4. The summed E-state index contributed by atoms with van der Waals surface area (Å²) in [4.78, 5) is 10.8. The number of hydrogen-bond donors (Lipinski definition) is 0. The Morgan fingerprint density at radius 2 is 2.10 bits per heavy atom. The maximum Gasteiger partial charge on any atom is 0.462 e. The molecule has 2 unspecified atom stereocenters. The van der Waals surface area contributed by atoms with Gasteiger partial charge in [0.25, 0.3) is 0 Å². The van der Waals surface area contributed by atoms with Crippen LogP contribution in [0.15, 0.2) is 12.7 Å². The van der Waals surface area contributed by atoms with E-state index in [4.69, 9.17) is 0 Å². The van der Waals surface area contributed by atoms with Gasteiger partial charge in [-0.05, 0) is 0 Å². The first-order chi connectivity index (χ1) is 9.08. The summed E-state index contributed by atoms with van der Waals surface area (Å²) in [6.07, 6.45) is -7.07. The van der Waals surface area contributed by atoms with Gasteiger partial charge >= 0.3 is 23.9 Å². The molecule has 1 aliphatic heterocycles.